The number of piperidine rings is 1. The van der Waals surface area contributed by atoms with E-state index in [1.807, 2.05) is 33.9 Å². The van der Waals surface area contributed by atoms with Crippen molar-refractivity contribution in [3.63, 3.8) is 0 Å². The zero-order valence-corrected chi connectivity index (χ0v) is 13.3. The average molecular weight is 255 g/mol. The van der Waals surface area contributed by atoms with Gasteiger partial charge in [-0.25, -0.2) is 0 Å². The molecule has 1 atom stereocenters. The van der Waals surface area contributed by atoms with E-state index in [2.05, 4.69) is 29.0 Å². The van der Waals surface area contributed by atoms with Crippen LogP contribution < -0.4 is 0 Å². The van der Waals surface area contributed by atoms with Gasteiger partial charge in [-0.2, -0.15) is 5.10 Å². The predicted molar refractivity (Wildman–Crippen MR) is 82.2 cm³/mol. The van der Waals surface area contributed by atoms with E-state index in [4.69, 9.17) is 0 Å². The first-order valence-electron chi connectivity index (χ1n) is 7.73. The van der Waals surface area contributed by atoms with Gasteiger partial charge in [0.05, 0.1) is 6.04 Å². The molecule has 0 aromatic heterocycles. The summed E-state index contributed by atoms with van der Waals surface area (Å²) in [7, 11) is 2.08. The summed E-state index contributed by atoms with van der Waals surface area (Å²) in [6, 6.07) is 0.628. The molecule has 0 bridgehead atoms. The lowest BCUT2D eigenvalue weighted by atomic mass is 9.99. The SMILES string of the molecule is CC.CC.CC1CCN(CC2CC=NN2C)CC1. The minimum absolute atomic E-state index is 0.628. The van der Waals surface area contributed by atoms with E-state index in [-0.39, 0.29) is 0 Å². The molecule has 0 N–H and O–H groups in total. The van der Waals surface area contributed by atoms with Crippen molar-refractivity contribution in [2.45, 2.75) is 59.9 Å². The Kier molecular flexibility index (Phi) is 10.0. The summed E-state index contributed by atoms with van der Waals surface area (Å²) in [6.07, 6.45) is 5.91. The lowest BCUT2D eigenvalue weighted by Gasteiger charge is -2.33. The zero-order chi connectivity index (χ0) is 14.0. The number of hydrogen-bond acceptors (Lipinski definition) is 3. The van der Waals surface area contributed by atoms with E-state index in [1.165, 1.54) is 32.5 Å². The van der Waals surface area contributed by atoms with Crippen LogP contribution in [0.2, 0.25) is 0 Å². The summed E-state index contributed by atoms with van der Waals surface area (Å²) >= 11 is 0. The van der Waals surface area contributed by atoms with E-state index in [0.717, 1.165) is 12.3 Å². The standard InChI is InChI=1S/C11H21N3.2C2H6/c1-10-4-7-14(8-5-10)9-11-3-6-12-13(11)2;2*1-2/h6,10-11H,3-5,7-9H2,1-2H3;2*1-2H3. The van der Waals surface area contributed by atoms with Gasteiger partial charge in [0.25, 0.3) is 0 Å². The summed E-state index contributed by atoms with van der Waals surface area (Å²) in [5.41, 5.74) is 0. The smallest absolute Gasteiger partial charge is 0.0644 e. The largest absolute Gasteiger partial charge is 0.301 e. The van der Waals surface area contributed by atoms with Crippen LogP contribution in [-0.2, 0) is 0 Å². The number of likely N-dealkylation sites (tertiary alicyclic amines) is 1. The number of rotatable bonds is 2. The average Bonchev–Trinajstić information content (AvgIpc) is 2.83. The highest BCUT2D eigenvalue weighted by Crippen LogP contribution is 2.18. The molecule has 1 fully saturated rings. The van der Waals surface area contributed by atoms with Gasteiger partial charge < -0.3 is 4.90 Å². The van der Waals surface area contributed by atoms with Crippen molar-refractivity contribution in [1.82, 2.24) is 9.91 Å². The molecule has 0 aromatic rings. The minimum atomic E-state index is 0.628. The lowest BCUT2D eigenvalue weighted by Crippen LogP contribution is -2.41. The predicted octanol–water partition coefficient (Wildman–Crippen LogP) is 3.46. The Bertz CT molecular complexity index is 208. The normalized spacial score (nSPS) is 24.1. The molecule has 2 aliphatic heterocycles. The van der Waals surface area contributed by atoms with E-state index in [1.54, 1.807) is 0 Å². The molecule has 1 saturated heterocycles. The van der Waals surface area contributed by atoms with Gasteiger partial charge in [-0.1, -0.05) is 34.6 Å². The van der Waals surface area contributed by atoms with Crippen molar-refractivity contribution in [3.05, 3.63) is 0 Å². The number of likely N-dealkylation sites (N-methyl/N-ethyl adjacent to an activating group) is 1. The molecular weight excluding hydrogens is 222 g/mol. The third-order valence-electron chi connectivity index (χ3n) is 3.51. The Labute approximate surface area is 114 Å². The van der Waals surface area contributed by atoms with Crippen LogP contribution in [0.1, 0.15) is 53.9 Å². The number of hydrazone groups is 1. The molecule has 0 saturated carbocycles. The highest BCUT2D eigenvalue weighted by atomic mass is 15.5. The molecule has 2 aliphatic rings. The van der Waals surface area contributed by atoms with E-state index in [0.29, 0.717) is 6.04 Å². The quantitative estimate of drug-likeness (QED) is 0.752. The minimum Gasteiger partial charge on any atom is -0.301 e. The summed E-state index contributed by atoms with van der Waals surface area (Å²) in [6.45, 7) is 14.1. The van der Waals surface area contributed by atoms with Crippen LogP contribution in [0.15, 0.2) is 5.10 Å². The van der Waals surface area contributed by atoms with Gasteiger partial charge in [-0.05, 0) is 31.8 Å². The van der Waals surface area contributed by atoms with Crippen molar-refractivity contribution >= 4 is 6.21 Å². The van der Waals surface area contributed by atoms with Crippen molar-refractivity contribution in [3.8, 4) is 0 Å². The van der Waals surface area contributed by atoms with Gasteiger partial charge in [0, 0.05) is 26.2 Å². The molecule has 0 aromatic carbocycles. The van der Waals surface area contributed by atoms with Crippen LogP contribution in [0.4, 0.5) is 0 Å². The molecule has 3 heteroatoms. The first-order valence-corrected chi connectivity index (χ1v) is 7.73. The molecular formula is C15H33N3. The number of nitrogens with zero attached hydrogens (tertiary/aromatic N) is 3. The maximum atomic E-state index is 4.28. The summed E-state index contributed by atoms with van der Waals surface area (Å²) in [4.78, 5) is 2.59. The molecule has 1 unspecified atom stereocenters. The second-order valence-electron chi connectivity index (χ2n) is 4.74. The van der Waals surface area contributed by atoms with Crippen molar-refractivity contribution in [1.29, 1.82) is 0 Å². The monoisotopic (exact) mass is 255 g/mol. The van der Waals surface area contributed by atoms with Gasteiger partial charge in [0.15, 0.2) is 0 Å². The van der Waals surface area contributed by atoms with Crippen LogP contribution in [0.3, 0.4) is 0 Å². The van der Waals surface area contributed by atoms with E-state index < -0.39 is 0 Å². The van der Waals surface area contributed by atoms with Gasteiger partial charge >= 0.3 is 0 Å². The fraction of sp³-hybridized carbons (Fsp3) is 0.933. The highest BCUT2D eigenvalue weighted by molar-refractivity contribution is 5.59. The molecule has 0 spiro atoms. The van der Waals surface area contributed by atoms with Crippen LogP contribution in [0, 0.1) is 5.92 Å². The zero-order valence-electron chi connectivity index (χ0n) is 13.3. The second-order valence-corrected chi connectivity index (χ2v) is 4.74. The van der Waals surface area contributed by atoms with Gasteiger partial charge in [0.2, 0.25) is 0 Å². The van der Waals surface area contributed by atoms with Crippen molar-refractivity contribution < 1.29 is 0 Å². The summed E-state index contributed by atoms with van der Waals surface area (Å²) < 4.78 is 0. The van der Waals surface area contributed by atoms with Gasteiger partial charge in [0.1, 0.15) is 0 Å². The molecule has 0 aliphatic carbocycles. The molecule has 0 amide bonds. The first-order chi connectivity index (χ1) is 8.75. The second kappa shape index (κ2) is 10.4. The summed E-state index contributed by atoms with van der Waals surface area (Å²) in [5.74, 6) is 0.934. The molecule has 108 valence electrons. The highest BCUT2D eigenvalue weighted by Gasteiger charge is 2.22. The van der Waals surface area contributed by atoms with E-state index in [9.17, 15) is 0 Å². The fourth-order valence-electron chi connectivity index (χ4n) is 2.28. The first kappa shape index (κ1) is 17.4. The Morgan fingerprint density at radius 2 is 1.67 bits per heavy atom. The van der Waals surface area contributed by atoms with Crippen LogP contribution >= 0.6 is 0 Å². The molecule has 2 rings (SSSR count). The maximum absolute atomic E-state index is 4.28. The third kappa shape index (κ3) is 5.85. The summed E-state index contributed by atoms with van der Waals surface area (Å²) in [5, 5.41) is 6.39. The fourth-order valence-corrected chi connectivity index (χ4v) is 2.28. The van der Waals surface area contributed by atoms with Gasteiger partial charge in [-0.3, -0.25) is 5.01 Å². The van der Waals surface area contributed by atoms with Crippen molar-refractivity contribution in [2.24, 2.45) is 11.0 Å². The Hall–Kier alpha value is -0.570. The Morgan fingerprint density at radius 1 is 1.11 bits per heavy atom. The molecule has 2 heterocycles. The van der Waals surface area contributed by atoms with Crippen molar-refractivity contribution in [2.75, 3.05) is 26.7 Å². The van der Waals surface area contributed by atoms with Gasteiger partial charge in [-0.15, -0.1) is 0 Å². The molecule has 3 nitrogen and oxygen atoms in total. The number of hydrogen-bond donors (Lipinski definition) is 0. The molecule has 0 radical (unpaired) electrons. The van der Waals surface area contributed by atoms with Crippen LogP contribution in [0.25, 0.3) is 0 Å². The van der Waals surface area contributed by atoms with E-state index >= 15 is 0 Å². The lowest BCUT2D eigenvalue weighted by molar-refractivity contribution is 0.142. The van der Waals surface area contributed by atoms with Crippen LogP contribution in [0.5, 0.6) is 0 Å². The topological polar surface area (TPSA) is 18.8 Å². The Balaban J connectivity index is 0.000000659. The Morgan fingerprint density at radius 3 is 2.11 bits per heavy atom. The van der Waals surface area contributed by atoms with Crippen LogP contribution in [-0.4, -0.2) is 48.8 Å². The molecule has 18 heavy (non-hydrogen) atoms. The maximum Gasteiger partial charge on any atom is 0.0644 e. The third-order valence-corrected chi connectivity index (χ3v) is 3.51.